The van der Waals surface area contributed by atoms with Crippen LogP contribution in [0.15, 0.2) is 14.3 Å². The highest BCUT2D eigenvalue weighted by Gasteiger charge is 2.03. The van der Waals surface area contributed by atoms with Crippen LogP contribution in [0, 0.1) is 5.41 Å². The zero-order chi connectivity index (χ0) is 9.14. The molecule has 0 aliphatic heterocycles. The lowest BCUT2D eigenvalue weighted by Crippen LogP contribution is -2.09. The first-order chi connectivity index (χ1) is 5.59. The quantitative estimate of drug-likeness (QED) is 0.654. The van der Waals surface area contributed by atoms with Crippen molar-refractivity contribution in [3.8, 4) is 0 Å². The van der Waals surface area contributed by atoms with E-state index in [1.807, 2.05) is 0 Å². The summed E-state index contributed by atoms with van der Waals surface area (Å²) in [5.41, 5.74) is 5.25. The standard InChI is InChI=1S/C7H8Br2N2S/c8-5-3-4(12-7(5)9)1-2-6(10)11/h3H,1-2H2,(H3,10,11). The Morgan fingerprint density at radius 2 is 2.25 bits per heavy atom. The molecule has 1 rings (SSSR count). The van der Waals surface area contributed by atoms with Gasteiger partial charge >= 0.3 is 0 Å². The number of aryl methyl sites for hydroxylation is 1. The van der Waals surface area contributed by atoms with Crippen molar-refractivity contribution in [1.29, 1.82) is 5.41 Å². The molecule has 0 amide bonds. The van der Waals surface area contributed by atoms with Crippen molar-refractivity contribution in [2.45, 2.75) is 12.8 Å². The molecule has 0 unspecified atom stereocenters. The van der Waals surface area contributed by atoms with Gasteiger partial charge in [-0.1, -0.05) is 0 Å². The van der Waals surface area contributed by atoms with E-state index in [0.717, 1.165) is 14.7 Å². The van der Waals surface area contributed by atoms with Crippen molar-refractivity contribution < 1.29 is 0 Å². The van der Waals surface area contributed by atoms with E-state index in [2.05, 4.69) is 37.9 Å². The zero-order valence-corrected chi connectivity index (χ0v) is 10.2. The SMILES string of the molecule is N=C(N)CCc1cc(Br)c(Br)s1. The molecular weight excluding hydrogens is 304 g/mol. The summed E-state index contributed by atoms with van der Waals surface area (Å²) in [7, 11) is 0. The number of thiophene rings is 1. The Kier molecular flexibility index (Phi) is 3.74. The molecular formula is C7H8Br2N2S. The number of amidine groups is 1. The molecule has 0 aliphatic carbocycles. The Morgan fingerprint density at radius 1 is 1.58 bits per heavy atom. The van der Waals surface area contributed by atoms with E-state index in [0.29, 0.717) is 6.42 Å². The van der Waals surface area contributed by atoms with Gasteiger partial charge in [-0.3, -0.25) is 5.41 Å². The minimum atomic E-state index is 0.246. The fourth-order valence-corrected chi connectivity index (χ4v) is 2.95. The van der Waals surface area contributed by atoms with E-state index >= 15 is 0 Å². The van der Waals surface area contributed by atoms with Crippen LogP contribution in [-0.2, 0) is 6.42 Å². The van der Waals surface area contributed by atoms with Gasteiger partial charge < -0.3 is 5.73 Å². The van der Waals surface area contributed by atoms with Crippen molar-refractivity contribution in [2.75, 3.05) is 0 Å². The van der Waals surface area contributed by atoms with Gasteiger partial charge in [0.2, 0.25) is 0 Å². The van der Waals surface area contributed by atoms with Crippen LogP contribution in [0.25, 0.3) is 0 Å². The van der Waals surface area contributed by atoms with Crippen LogP contribution < -0.4 is 5.73 Å². The van der Waals surface area contributed by atoms with Crippen LogP contribution in [0.2, 0.25) is 0 Å². The second-order valence-corrected chi connectivity index (χ2v) is 5.67. The molecule has 1 aromatic rings. The van der Waals surface area contributed by atoms with E-state index in [1.54, 1.807) is 11.3 Å². The van der Waals surface area contributed by atoms with Crippen molar-refractivity contribution in [3.63, 3.8) is 0 Å². The lowest BCUT2D eigenvalue weighted by Gasteiger charge is -1.93. The van der Waals surface area contributed by atoms with Gasteiger partial charge in [-0.15, -0.1) is 11.3 Å². The topological polar surface area (TPSA) is 49.9 Å². The maximum Gasteiger partial charge on any atom is 0.0908 e. The molecule has 0 saturated heterocycles. The van der Waals surface area contributed by atoms with Crippen LogP contribution in [0.3, 0.4) is 0 Å². The van der Waals surface area contributed by atoms with Crippen molar-refractivity contribution in [1.82, 2.24) is 0 Å². The average Bonchev–Trinajstić information content (AvgIpc) is 2.28. The number of hydrogen-bond acceptors (Lipinski definition) is 2. The van der Waals surface area contributed by atoms with Gasteiger partial charge in [0.05, 0.1) is 9.62 Å². The van der Waals surface area contributed by atoms with Gasteiger partial charge in [0.1, 0.15) is 0 Å². The summed E-state index contributed by atoms with van der Waals surface area (Å²) in [5.74, 6) is 0.246. The molecule has 0 spiro atoms. The normalized spacial score (nSPS) is 10.2. The van der Waals surface area contributed by atoms with E-state index in [1.165, 1.54) is 4.88 Å². The van der Waals surface area contributed by atoms with Gasteiger partial charge in [-0.2, -0.15) is 0 Å². The summed E-state index contributed by atoms with van der Waals surface area (Å²) in [6, 6.07) is 2.05. The number of halogens is 2. The molecule has 0 atom stereocenters. The van der Waals surface area contributed by atoms with Gasteiger partial charge in [-0.05, 0) is 44.3 Å². The molecule has 12 heavy (non-hydrogen) atoms. The summed E-state index contributed by atoms with van der Waals surface area (Å²) < 4.78 is 2.17. The Balaban J connectivity index is 2.58. The van der Waals surface area contributed by atoms with Gasteiger partial charge in [0, 0.05) is 15.8 Å². The molecule has 0 aromatic carbocycles. The molecule has 2 nitrogen and oxygen atoms in total. The third-order valence-electron chi connectivity index (χ3n) is 1.34. The number of nitrogens with one attached hydrogen (secondary N) is 1. The van der Waals surface area contributed by atoms with Crippen molar-refractivity contribution in [3.05, 3.63) is 19.2 Å². The highest BCUT2D eigenvalue weighted by molar-refractivity contribution is 9.13. The van der Waals surface area contributed by atoms with Gasteiger partial charge in [0.25, 0.3) is 0 Å². The van der Waals surface area contributed by atoms with E-state index < -0.39 is 0 Å². The van der Waals surface area contributed by atoms with Crippen LogP contribution in [0.1, 0.15) is 11.3 Å². The monoisotopic (exact) mass is 310 g/mol. The fourth-order valence-electron chi connectivity index (χ4n) is 0.772. The largest absolute Gasteiger partial charge is 0.388 e. The molecule has 0 bridgehead atoms. The third kappa shape index (κ3) is 2.88. The molecule has 1 aromatic heterocycles. The first-order valence-electron chi connectivity index (χ1n) is 3.36. The Hall–Kier alpha value is 0.130. The second kappa shape index (κ2) is 4.39. The Labute approximate surface area is 91.9 Å². The van der Waals surface area contributed by atoms with Crippen LogP contribution in [-0.4, -0.2) is 5.84 Å². The summed E-state index contributed by atoms with van der Waals surface area (Å²) >= 11 is 8.49. The highest BCUT2D eigenvalue weighted by atomic mass is 79.9. The zero-order valence-electron chi connectivity index (χ0n) is 6.23. The van der Waals surface area contributed by atoms with Crippen molar-refractivity contribution >= 4 is 49.0 Å². The molecule has 1 heterocycles. The lowest BCUT2D eigenvalue weighted by atomic mass is 10.2. The smallest absolute Gasteiger partial charge is 0.0908 e. The number of rotatable bonds is 3. The molecule has 0 radical (unpaired) electrons. The first-order valence-corrected chi connectivity index (χ1v) is 5.76. The van der Waals surface area contributed by atoms with E-state index in [9.17, 15) is 0 Å². The minimum Gasteiger partial charge on any atom is -0.388 e. The van der Waals surface area contributed by atoms with Crippen LogP contribution >= 0.6 is 43.2 Å². The maximum atomic E-state index is 7.06. The predicted octanol–water partition coefficient (Wildman–Crippen LogP) is 3.14. The van der Waals surface area contributed by atoms with Gasteiger partial charge in [-0.25, -0.2) is 0 Å². The summed E-state index contributed by atoms with van der Waals surface area (Å²) in [6.07, 6.45) is 1.49. The fraction of sp³-hybridized carbons (Fsp3) is 0.286. The van der Waals surface area contributed by atoms with E-state index in [-0.39, 0.29) is 5.84 Å². The summed E-state index contributed by atoms with van der Waals surface area (Å²) in [4.78, 5) is 1.24. The first kappa shape index (κ1) is 10.2. The number of nitrogens with two attached hydrogens (primary N) is 1. The Morgan fingerprint density at radius 3 is 2.67 bits per heavy atom. The third-order valence-corrected chi connectivity index (χ3v) is 4.65. The molecule has 0 aliphatic rings. The van der Waals surface area contributed by atoms with E-state index in [4.69, 9.17) is 11.1 Å². The predicted molar refractivity (Wildman–Crippen MR) is 60.0 cm³/mol. The molecule has 66 valence electrons. The van der Waals surface area contributed by atoms with Gasteiger partial charge in [0.15, 0.2) is 0 Å². The summed E-state index contributed by atoms with van der Waals surface area (Å²) in [6.45, 7) is 0. The molecule has 5 heteroatoms. The Bertz CT molecular complexity index is 276. The highest BCUT2D eigenvalue weighted by Crippen LogP contribution is 2.32. The molecule has 0 saturated carbocycles. The van der Waals surface area contributed by atoms with Crippen LogP contribution in [0.5, 0.6) is 0 Å². The van der Waals surface area contributed by atoms with Crippen LogP contribution in [0.4, 0.5) is 0 Å². The second-order valence-electron chi connectivity index (χ2n) is 2.36. The number of hydrogen-bond donors (Lipinski definition) is 2. The lowest BCUT2D eigenvalue weighted by molar-refractivity contribution is 1.04. The van der Waals surface area contributed by atoms with Crippen molar-refractivity contribution in [2.24, 2.45) is 5.73 Å². The molecule has 0 fully saturated rings. The minimum absolute atomic E-state index is 0.246. The average molecular weight is 312 g/mol. The summed E-state index contributed by atoms with van der Waals surface area (Å²) in [5, 5.41) is 7.06. The maximum absolute atomic E-state index is 7.06. The molecule has 3 N–H and O–H groups in total.